The summed E-state index contributed by atoms with van der Waals surface area (Å²) in [5, 5.41) is 2.20. The largest absolute Gasteiger partial charge is 0.469 e. The van der Waals surface area contributed by atoms with Crippen molar-refractivity contribution >= 4 is 11.3 Å². The highest BCUT2D eigenvalue weighted by atomic mass is 32.1. The average Bonchev–Trinajstić information content (AvgIpc) is 3.89. The van der Waals surface area contributed by atoms with Gasteiger partial charge in [-0.15, -0.1) is 11.3 Å². The quantitative estimate of drug-likeness (QED) is 0.264. The monoisotopic (exact) mass is 723 g/mol. The summed E-state index contributed by atoms with van der Waals surface area (Å²) >= 11 is 1.92. The molecule has 0 N–H and O–H groups in total. The molecule has 1 nitrogen and oxygen atoms in total. The Morgan fingerprint density at radius 1 is 0.608 bits per heavy atom. The van der Waals surface area contributed by atoms with Gasteiger partial charge in [0.1, 0.15) is 5.76 Å². The van der Waals surface area contributed by atoms with Crippen LogP contribution < -0.4 is 0 Å². The molecule has 51 heavy (non-hydrogen) atoms. The number of rotatable bonds is 8. The fourth-order valence-electron chi connectivity index (χ4n) is 10.7. The van der Waals surface area contributed by atoms with Crippen LogP contribution in [0.15, 0.2) is 40.3 Å². The van der Waals surface area contributed by atoms with Gasteiger partial charge >= 0.3 is 0 Å². The molecular formula is C49H86OS. The second-order valence-electron chi connectivity index (χ2n) is 20.8. The van der Waals surface area contributed by atoms with Crippen LogP contribution >= 0.6 is 11.3 Å². The van der Waals surface area contributed by atoms with E-state index in [9.17, 15) is 0 Å². The maximum Gasteiger partial charge on any atom is 0.106 e. The fraction of sp³-hybridized carbons (Fsp3) is 0.837. The van der Waals surface area contributed by atoms with Crippen LogP contribution in [-0.4, -0.2) is 0 Å². The second-order valence-corrected chi connectivity index (χ2v) is 21.8. The summed E-state index contributed by atoms with van der Waals surface area (Å²) in [7, 11) is 0. The molecule has 8 atom stereocenters. The Labute approximate surface area is 323 Å². The van der Waals surface area contributed by atoms with Gasteiger partial charge in [0.05, 0.1) is 6.26 Å². The van der Waals surface area contributed by atoms with Crippen LogP contribution in [0.3, 0.4) is 0 Å². The minimum atomic E-state index is 0.563. The third-order valence-corrected chi connectivity index (χ3v) is 16.1. The lowest BCUT2D eigenvalue weighted by molar-refractivity contribution is 0.168. The van der Waals surface area contributed by atoms with Crippen LogP contribution in [0, 0.1) is 75.9 Å². The van der Waals surface area contributed by atoms with Crippen molar-refractivity contribution in [2.24, 2.45) is 75.9 Å². The molecule has 0 bridgehead atoms. The molecule has 0 saturated heterocycles. The van der Waals surface area contributed by atoms with Gasteiger partial charge < -0.3 is 4.42 Å². The van der Waals surface area contributed by atoms with E-state index in [1.165, 1.54) is 76.4 Å². The Bertz CT molecular complexity index is 1090. The van der Waals surface area contributed by atoms with Gasteiger partial charge in [0.15, 0.2) is 0 Å². The first-order valence-electron chi connectivity index (χ1n) is 21.9. The van der Waals surface area contributed by atoms with E-state index in [2.05, 4.69) is 127 Å². The Morgan fingerprint density at radius 2 is 1.04 bits per heavy atom. The van der Waals surface area contributed by atoms with Crippen LogP contribution in [0.25, 0.3) is 0 Å². The highest BCUT2D eigenvalue weighted by molar-refractivity contribution is 7.10. The molecule has 4 fully saturated rings. The van der Waals surface area contributed by atoms with Crippen molar-refractivity contribution in [1.29, 1.82) is 0 Å². The maximum absolute atomic E-state index is 5.41. The normalized spacial score (nSPS) is 35.1. The van der Waals surface area contributed by atoms with Gasteiger partial charge in [0.25, 0.3) is 0 Å². The predicted molar refractivity (Wildman–Crippen MR) is 228 cm³/mol. The topological polar surface area (TPSA) is 13.1 Å². The SMILES string of the molecule is CC(C)CC(C)(C)C1CC(C)C(C)C1.CC1CC(c2ccco2)CC1C.CC1CC(c2cccs2)CC1C.CCCC(C)(C)C1CC(C)C(C)C1. The average molecular weight is 723 g/mol. The Balaban J connectivity index is 0.000000184. The highest BCUT2D eigenvalue weighted by Gasteiger charge is 2.39. The van der Waals surface area contributed by atoms with E-state index < -0.39 is 0 Å². The van der Waals surface area contributed by atoms with Gasteiger partial charge in [0, 0.05) is 10.8 Å². The molecule has 2 heteroatoms. The molecule has 0 spiro atoms. The molecule has 2 heterocycles. The lowest BCUT2D eigenvalue weighted by atomic mass is 9.72. The number of thiophene rings is 1. The van der Waals surface area contributed by atoms with E-state index in [1.807, 2.05) is 17.4 Å². The molecule has 4 aliphatic carbocycles. The molecule has 2 aromatic rings. The van der Waals surface area contributed by atoms with Gasteiger partial charge in [0.2, 0.25) is 0 Å². The molecule has 294 valence electrons. The lowest BCUT2D eigenvalue weighted by Gasteiger charge is -2.33. The molecule has 6 rings (SSSR count). The van der Waals surface area contributed by atoms with Crippen molar-refractivity contribution in [1.82, 2.24) is 0 Å². The Morgan fingerprint density at radius 3 is 1.41 bits per heavy atom. The smallest absolute Gasteiger partial charge is 0.106 e. The number of hydrogen-bond acceptors (Lipinski definition) is 2. The summed E-state index contributed by atoms with van der Waals surface area (Å²) in [6, 6.07) is 8.56. The molecule has 0 aromatic carbocycles. The molecule has 0 radical (unpaired) electrons. The van der Waals surface area contributed by atoms with Gasteiger partial charge in [-0.3, -0.25) is 0 Å². The van der Waals surface area contributed by atoms with E-state index in [-0.39, 0.29) is 0 Å². The van der Waals surface area contributed by atoms with Crippen molar-refractivity contribution in [3.8, 4) is 0 Å². The van der Waals surface area contributed by atoms with Gasteiger partial charge in [-0.25, -0.2) is 0 Å². The molecule has 4 saturated carbocycles. The molecule has 2 aromatic heterocycles. The Kier molecular flexibility index (Phi) is 17.5. The zero-order valence-corrected chi connectivity index (χ0v) is 37.4. The van der Waals surface area contributed by atoms with Crippen molar-refractivity contribution in [3.63, 3.8) is 0 Å². The number of hydrogen-bond donors (Lipinski definition) is 0. The van der Waals surface area contributed by atoms with Crippen LogP contribution in [-0.2, 0) is 0 Å². The molecule has 4 aliphatic rings. The van der Waals surface area contributed by atoms with Gasteiger partial charge in [-0.05, 0) is 170 Å². The summed E-state index contributed by atoms with van der Waals surface area (Å²) in [5.41, 5.74) is 1.15. The standard InChI is InChI=1S/C14H28.C13H26.C11H16O.C11H16S/c1-10(2)9-14(5,6)13-7-11(3)12(4)8-13;1-6-7-13(4,5)12-8-10(2)11(3)9-12;2*1-8-6-10(7-9(8)2)11-4-3-5-12-11/h10-13H,7-9H2,1-6H3;10-12H,6-9H2,1-5H3;2*3-5,8-10H,6-7H2,1-2H3. The first-order chi connectivity index (χ1) is 23.8. The van der Waals surface area contributed by atoms with Crippen LogP contribution in [0.5, 0.6) is 0 Å². The van der Waals surface area contributed by atoms with Crippen LogP contribution in [0.1, 0.15) is 197 Å². The first-order valence-corrected chi connectivity index (χ1v) is 22.8. The fourth-order valence-corrected chi connectivity index (χ4v) is 11.5. The number of furan rings is 1. The van der Waals surface area contributed by atoms with E-state index in [1.54, 1.807) is 11.1 Å². The van der Waals surface area contributed by atoms with E-state index in [0.29, 0.717) is 16.7 Å². The summed E-state index contributed by atoms with van der Waals surface area (Å²) in [5.74, 6) is 12.9. The van der Waals surface area contributed by atoms with Gasteiger partial charge in [-0.2, -0.15) is 0 Å². The predicted octanol–water partition coefficient (Wildman–Crippen LogP) is 16.6. The molecular weight excluding hydrogens is 637 g/mol. The summed E-state index contributed by atoms with van der Waals surface area (Å²) in [6.45, 7) is 36.0. The summed E-state index contributed by atoms with van der Waals surface area (Å²) in [4.78, 5) is 1.60. The minimum Gasteiger partial charge on any atom is -0.469 e. The van der Waals surface area contributed by atoms with Crippen molar-refractivity contribution < 1.29 is 4.42 Å². The van der Waals surface area contributed by atoms with Crippen molar-refractivity contribution in [2.75, 3.05) is 0 Å². The Hall–Kier alpha value is -1.02. The van der Waals surface area contributed by atoms with Gasteiger partial charge in [-0.1, -0.05) is 116 Å². The zero-order chi connectivity index (χ0) is 38.1. The van der Waals surface area contributed by atoms with E-state index in [0.717, 1.165) is 71.0 Å². The van der Waals surface area contributed by atoms with E-state index >= 15 is 0 Å². The summed E-state index contributed by atoms with van der Waals surface area (Å²) in [6.07, 6.45) is 17.2. The van der Waals surface area contributed by atoms with Crippen molar-refractivity contribution in [3.05, 3.63) is 46.5 Å². The summed E-state index contributed by atoms with van der Waals surface area (Å²) < 4.78 is 5.41. The van der Waals surface area contributed by atoms with Crippen molar-refractivity contribution in [2.45, 2.75) is 186 Å². The zero-order valence-electron chi connectivity index (χ0n) is 36.6. The molecule has 0 aliphatic heterocycles. The second kappa shape index (κ2) is 20.1. The third-order valence-electron chi connectivity index (χ3n) is 15.1. The highest BCUT2D eigenvalue weighted by Crippen LogP contribution is 2.49. The lowest BCUT2D eigenvalue weighted by Crippen LogP contribution is -2.24. The first kappa shape index (κ1) is 44.4. The minimum absolute atomic E-state index is 0.563. The van der Waals surface area contributed by atoms with E-state index in [4.69, 9.17) is 4.42 Å². The van der Waals surface area contributed by atoms with Crippen LogP contribution in [0.2, 0.25) is 0 Å². The molecule has 0 amide bonds. The third kappa shape index (κ3) is 13.4. The van der Waals surface area contributed by atoms with Crippen LogP contribution in [0.4, 0.5) is 0 Å². The maximum atomic E-state index is 5.41. The molecule has 8 unspecified atom stereocenters.